The molecule has 1 heterocycles. The molecule has 0 saturated carbocycles. The third kappa shape index (κ3) is 3.41. The maximum Gasteiger partial charge on any atom is 0.416 e. The highest BCUT2D eigenvalue weighted by molar-refractivity contribution is 5.49. The van der Waals surface area contributed by atoms with E-state index in [2.05, 4.69) is 10.2 Å². The number of piperidine rings is 1. The second kappa shape index (κ2) is 5.82. The highest BCUT2D eigenvalue weighted by Gasteiger charge is 2.30. The lowest BCUT2D eigenvalue weighted by Crippen LogP contribution is -2.46. The van der Waals surface area contributed by atoms with Crippen LogP contribution in [0.4, 0.5) is 18.9 Å². The van der Waals surface area contributed by atoms with Gasteiger partial charge in [0.1, 0.15) is 0 Å². The van der Waals surface area contributed by atoms with Gasteiger partial charge in [-0.1, -0.05) is 0 Å². The number of halogens is 3. The van der Waals surface area contributed by atoms with Gasteiger partial charge in [-0.2, -0.15) is 13.2 Å². The molecule has 19 heavy (non-hydrogen) atoms. The third-order valence-corrected chi connectivity index (χ3v) is 3.58. The second-order valence-electron chi connectivity index (χ2n) is 4.83. The summed E-state index contributed by atoms with van der Waals surface area (Å²) < 4.78 is 37.6. The molecule has 106 valence electrons. The van der Waals surface area contributed by atoms with Crippen molar-refractivity contribution in [2.75, 3.05) is 24.5 Å². The van der Waals surface area contributed by atoms with E-state index in [0.717, 1.165) is 50.3 Å². The number of hydrogen-bond donors (Lipinski definition) is 1. The van der Waals surface area contributed by atoms with Crippen molar-refractivity contribution in [3.8, 4) is 0 Å². The summed E-state index contributed by atoms with van der Waals surface area (Å²) in [6.45, 7) is 4.76. The molecule has 1 aliphatic rings. The zero-order valence-electron chi connectivity index (χ0n) is 11.0. The average Bonchev–Trinajstić information content (AvgIpc) is 2.40. The van der Waals surface area contributed by atoms with Gasteiger partial charge in [-0.15, -0.1) is 0 Å². The summed E-state index contributed by atoms with van der Waals surface area (Å²) >= 11 is 0. The Kier molecular flexibility index (Phi) is 4.34. The molecular weight excluding hydrogens is 253 g/mol. The molecule has 2 rings (SSSR count). The Morgan fingerprint density at radius 1 is 1.26 bits per heavy atom. The smallest absolute Gasteiger partial charge is 0.368 e. The molecule has 1 aromatic carbocycles. The number of benzene rings is 1. The van der Waals surface area contributed by atoms with Crippen molar-refractivity contribution in [1.29, 1.82) is 0 Å². The number of likely N-dealkylation sites (N-methyl/N-ethyl adjacent to an activating group) is 1. The van der Waals surface area contributed by atoms with E-state index in [1.807, 2.05) is 6.92 Å². The van der Waals surface area contributed by atoms with Crippen molar-refractivity contribution in [2.45, 2.75) is 32.0 Å². The fourth-order valence-electron chi connectivity index (χ4n) is 2.59. The monoisotopic (exact) mass is 272 g/mol. The average molecular weight is 272 g/mol. The Balaban J connectivity index is 2.14. The summed E-state index contributed by atoms with van der Waals surface area (Å²) in [5, 5.41) is 3.33. The molecule has 0 bridgehead atoms. The normalized spacial score (nSPS) is 20.3. The van der Waals surface area contributed by atoms with E-state index < -0.39 is 11.7 Å². The fourth-order valence-corrected chi connectivity index (χ4v) is 2.59. The maximum atomic E-state index is 12.5. The second-order valence-corrected chi connectivity index (χ2v) is 4.83. The summed E-state index contributed by atoms with van der Waals surface area (Å²) in [5.41, 5.74) is 0.276. The Morgan fingerprint density at radius 2 is 1.95 bits per heavy atom. The molecule has 0 amide bonds. The predicted octanol–water partition coefficient (Wildman–Crippen LogP) is 3.28. The van der Waals surface area contributed by atoms with E-state index in [1.54, 1.807) is 12.1 Å². The first-order valence-electron chi connectivity index (χ1n) is 6.67. The van der Waals surface area contributed by atoms with E-state index in [0.29, 0.717) is 6.04 Å². The molecule has 1 unspecified atom stereocenters. The lowest BCUT2D eigenvalue weighted by molar-refractivity contribution is -0.137. The van der Waals surface area contributed by atoms with Crippen LogP contribution in [-0.4, -0.2) is 25.7 Å². The number of rotatable bonds is 3. The molecule has 1 N–H and O–H groups in total. The van der Waals surface area contributed by atoms with Crippen LogP contribution in [0.3, 0.4) is 0 Å². The molecule has 0 aliphatic carbocycles. The van der Waals surface area contributed by atoms with Gasteiger partial charge in [-0.05, 0) is 50.6 Å². The first kappa shape index (κ1) is 14.2. The third-order valence-electron chi connectivity index (χ3n) is 3.58. The number of nitrogens with one attached hydrogen (secondary N) is 1. The Morgan fingerprint density at radius 3 is 2.42 bits per heavy atom. The van der Waals surface area contributed by atoms with Crippen LogP contribution in [-0.2, 0) is 6.18 Å². The highest BCUT2D eigenvalue weighted by Crippen LogP contribution is 2.31. The predicted molar refractivity (Wildman–Crippen MR) is 70.4 cm³/mol. The van der Waals surface area contributed by atoms with Gasteiger partial charge in [0.15, 0.2) is 0 Å². The molecule has 0 aromatic heterocycles. The Bertz CT molecular complexity index is 394. The SMILES string of the molecule is CCN(c1ccc(C(F)(F)F)cc1)C1CCCNC1. The van der Waals surface area contributed by atoms with E-state index in [1.165, 1.54) is 0 Å². The Hall–Kier alpha value is -1.23. The molecular formula is C14H19F3N2. The molecule has 1 fully saturated rings. The van der Waals surface area contributed by atoms with E-state index >= 15 is 0 Å². The van der Waals surface area contributed by atoms with Crippen LogP contribution in [0.2, 0.25) is 0 Å². The summed E-state index contributed by atoms with van der Waals surface area (Å²) in [6, 6.07) is 5.83. The van der Waals surface area contributed by atoms with Crippen molar-refractivity contribution in [2.24, 2.45) is 0 Å². The lowest BCUT2D eigenvalue weighted by Gasteiger charge is -2.35. The van der Waals surface area contributed by atoms with Crippen molar-refractivity contribution < 1.29 is 13.2 Å². The quantitative estimate of drug-likeness (QED) is 0.908. The van der Waals surface area contributed by atoms with Gasteiger partial charge in [0, 0.05) is 24.8 Å². The van der Waals surface area contributed by atoms with Crippen molar-refractivity contribution >= 4 is 5.69 Å². The van der Waals surface area contributed by atoms with Gasteiger partial charge < -0.3 is 10.2 Å². The molecule has 1 aliphatic heterocycles. The van der Waals surface area contributed by atoms with Crippen molar-refractivity contribution in [3.05, 3.63) is 29.8 Å². The molecule has 1 atom stereocenters. The zero-order valence-corrected chi connectivity index (χ0v) is 11.0. The van der Waals surface area contributed by atoms with Crippen LogP contribution in [0.25, 0.3) is 0 Å². The lowest BCUT2D eigenvalue weighted by atomic mass is 10.0. The first-order valence-corrected chi connectivity index (χ1v) is 6.67. The maximum absolute atomic E-state index is 12.5. The number of anilines is 1. The summed E-state index contributed by atoms with van der Waals surface area (Å²) in [5.74, 6) is 0. The molecule has 0 spiro atoms. The van der Waals surface area contributed by atoms with Crippen LogP contribution in [0.5, 0.6) is 0 Å². The molecule has 1 aromatic rings. The van der Waals surface area contributed by atoms with Crippen molar-refractivity contribution in [3.63, 3.8) is 0 Å². The summed E-state index contributed by atoms with van der Waals surface area (Å²) in [4.78, 5) is 2.17. The molecule has 5 heteroatoms. The molecule has 1 saturated heterocycles. The van der Waals surface area contributed by atoms with Crippen LogP contribution in [0, 0.1) is 0 Å². The number of hydrogen-bond acceptors (Lipinski definition) is 2. The first-order chi connectivity index (χ1) is 9.02. The minimum Gasteiger partial charge on any atom is -0.368 e. The minimum absolute atomic E-state index is 0.371. The van der Waals surface area contributed by atoms with Crippen LogP contribution in [0.1, 0.15) is 25.3 Å². The van der Waals surface area contributed by atoms with E-state index in [9.17, 15) is 13.2 Å². The fraction of sp³-hybridized carbons (Fsp3) is 0.571. The van der Waals surface area contributed by atoms with Gasteiger partial charge in [0.25, 0.3) is 0 Å². The van der Waals surface area contributed by atoms with Crippen LogP contribution >= 0.6 is 0 Å². The largest absolute Gasteiger partial charge is 0.416 e. The van der Waals surface area contributed by atoms with E-state index in [4.69, 9.17) is 0 Å². The standard InChI is InChI=1S/C14H19F3N2/c1-2-19(13-4-3-9-18-10-13)12-7-5-11(6-8-12)14(15,16)17/h5-8,13,18H,2-4,9-10H2,1H3. The van der Waals surface area contributed by atoms with Gasteiger partial charge in [0.05, 0.1) is 5.56 Å². The summed E-state index contributed by atoms with van der Waals surface area (Å²) in [7, 11) is 0. The van der Waals surface area contributed by atoms with Crippen LogP contribution in [0.15, 0.2) is 24.3 Å². The van der Waals surface area contributed by atoms with Gasteiger partial charge in [-0.25, -0.2) is 0 Å². The molecule has 0 radical (unpaired) electrons. The Labute approximate surface area is 111 Å². The highest BCUT2D eigenvalue weighted by atomic mass is 19.4. The van der Waals surface area contributed by atoms with Gasteiger partial charge >= 0.3 is 6.18 Å². The van der Waals surface area contributed by atoms with Crippen molar-refractivity contribution in [1.82, 2.24) is 5.32 Å². The van der Waals surface area contributed by atoms with Crippen LogP contribution < -0.4 is 10.2 Å². The number of alkyl halides is 3. The summed E-state index contributed by atoms with van der Waals surface area (Å²) in [6.07, 6.45) is -2.06. The van der Waals surface area contributed by atoms with Gasteiger partial charge in [0.2, 0.25) is 0 Å². The van der Waals surface area contributed by atoms with Gasteiger partial charge in [-0.3, -0.25) is 0 Å². The van der Waals surface area contributed by atoms with E-state index in [-0.39, 0.29) is 0 Å². The topological polar surface area (TPSA) is 15.3 Å². The number of nitrogens with zero attached hydrogens (tertiary/aromatic N) is 1. The molecule has 2 nitrogen and oxygen atoms in total. The zero-order chi connectivity index (χ0) is 13.9. The minimum atomic E-state index is -4.26.